The lowest BCUT2D eigenvalue weighted by molar-refractivity contribution is 1.72. The molecule has 0 spiro atoms. The molecule has 0 saturated heterocycles. The van der Waals surface area contributed by atoms with Gasteiger partial charge in [0.05, 0.1) is 0 Å². The number of hydrogen-bond donors (Lipinski definition) is 0. The zero-order chi connectivity index (χ0) is 54.4. The van der Waals surface area contributed by atoms with E-state index in [-0.39, 0.29) is 3.18 Å². The molecule has 0 N–H and O–H groups in total. The summed E-state index contributed by atoms with van der Waals surface area (Å²) in [6.07, 6.45) is 0.588. The van der Waals surface area contributed by atoms with Crippen molar-refractivity contribution in [3.63, 3.8) is 0 Å². The van der Waals surface area contributed by atoms with Crippen molar-refractivity contribution in [2.75, 3.05) is 0 Å². The number of benzene rings is 4. The van der Waals surface area contributed by atoms with Crippen LogP contribution in [0.15, 0.2) is 121 Å². The van der Waals surface area contributed by atoms with Gasteiger partial charge in [-0.15, -0.1) is 63.0 Å². The first-order chi connectivity index (χ1) is 36.0. The molecule has 412 valence electrons. The smallest absolute Gasteiger partial charge is 0.143 e. The van der Waals surface area contributed by atoms with Crippen LogP contribution in [-0.2, 0) is 356 Å². The Kier molecular flexibility index (Phi) is 70.5. The Morgan fingerprint density at radius 2 is 0.419 bits per heavy atom. The summed E-state index contributed by atoms with van der Waals surface area (Å²) in [4.78, 5) is 0. The van der Waals surface area contributed by atoms with Gasteiger partial charge in [-0.3, -0.25) is 0 Å². The monoisotopic (exact) mass is 1980 g/mol. The number of halogens is 4. The summed E-state index contributed by atoms with van der Waals surface area (Å²) in [5.74, 6) is 0. The van der Waals surface area contributed by atoms with Gasteiger partial charge in [-0.05, 0) is 0 Å². The minimum Gasteiger partial charge on any atom is -0.143 e. The Hall–Kier alpha value is 7.79. The third-order valence-electron chi connectivity index (χ3n) is 6.23. The summed E-state index contributed by atoms with van der Waals surface area (Å²) < 4.78 is 0.271. The van der Waals surface area contributed by atoms with Crippen molar-refractivity contribution >= 4 is 463 Å². The van der Waals surface area contributed by atoms with Crippen molar-refractivity contribution in [3.05, 3.63) is 121 Å². The van der Waals surface area contributed by atoms with E-state index in [1.54, 1.807) is 275 Å². The lowest BCUT2D eigenvalue weighted by atomic mass is 9.61. The Balaban J connectivity index is 0.000000940. The molecule has 4 rings (SSSR count). The SMILES string of the molecule is BrB(Br)Br.BrB(c1ccccc1)c1ccccc1.C[Si](C)(C)B(c1ccccc1)c1ccccc1.S=S=S=S=S=S=S=S=S=S=S=S=S=S=S=S=S=S=S.S=S=S=S=S=S=S=S=S=S=S=S=S=S=S=S=S=S=S=S. The van der Waals surface area contributed by atoms with Crippen molar-refractivity contribution < 1.29 is 0 Å². The molecular formula is C27H29B3Br4S39Si. The summed E-state index contributed by atoms with van der Waals surface area (Å²) in [6, 6.07) is 42.6. The van der Waals surface area contributed by atoms with Gasteiger partial charge in [0.25, 0.3) is 5.54 Å². The zero-order valence-corrected chi connectivity index (χ0v) is 75.4. The molecular weight excluding hydrogens is 1960 g/mol. The van der Waals surface area contributed by atoms with E-state index in [1.165, 1.54) is 57.4 Å². The maximum absolute atomic E-state index is 4.76. The van der Waals surface area contributed by atoms with Gasteiger partial charge in [-0.2, -0.15) is 0 Å². The van der Waals surface area contributed by atoms with E-state index < -0.39 is 7.94 Å². The number of hydrogen-bond acceptors (Lipinski definition) is 4. The molecule has 0 aromatic heterocycles. The molecule has 4 aromatic carbocycles. The van der Waals surface area contributed by atoms with Crippen molar-refractivity contribution in [3.8, 4) is 0 Å². The molecule has 4 aromatic rings. The number of rotatable bonds is 5. The van der Waals surface area contributed by atoms with Crippen LogP contribution in [0, 0.1) is 0 Å². The molecule has 0 amide bonds. The van der Waals surface area contributed by atoms with Gasteiger partial charge >= 0.3 is 3.18 Å². The molecule has 0 fully saturated rings. The Morgan fingerprint density at radius 3 is 0.568 bits per heavy atom. The van der Waals surface area contributed by atoms with E-state index in [4.69, 9.17) is 44.8 Å². The van der Waals surface area contributed by atoms with Gasteiger partial charge in [-0.25, -0.2) is 0 Å². The first kappa shape index (κ1) is 81.8. The fourth-order valence-corrected chi connectivity index (χ4v) is 92.3. The van der Waals surface area contributed by atoms with Gasteiger partial charge in [0, 0.05) is 364 Å². The molecule has 0 saturated carbocycles. The Labute approximate surface area is 590 Å². The second kappa shape index (κ2) is 63.8. The van der Waals surface area contributed by atoms with Crippen molar-refractivity contribution in [2.45, 2.75) is 19.6 Å². The molecule has 47 heteroatoms. The van der Waals surface area contributed by atoms with Gasteiger partial charge in [-0.1, -0.05) is 163 Å². The van der Waals surface area contributed by atoms with Crippen molar-refractivity contribution in [1.29, 1.82) is 0 Å². The highest BCUT2D eigenvalue weighted by molar-refractivity contribution is 9.69. The molecule has 0 radical (unpaired) electrons. The molecule has 0 aliphatic carbocycles. The first-order valence-corrected chi connectivity index (χ1v) is 74.2. The van der Waals surface area contributed by atoms with Gasteiger partial charge in [0.2, 0.25) is 6.31 Å². The molecule has 74 heavy (non-hydrogen) atoms. The van der Waals surface area contributed by atoms with E-state index in [0.717, 1.165) is 0 Å². The molecule has 0 nitrogen and oxygen atoms in total. The Bertz CT molecular complexity index is 3760. The minimum absolute atomic E-state index is 0.271. The quantitative estimate of drug-likeness (QED) is 0.199. The molecule has 0 aliphatic rings. The van der Waals surface area contributed by atoms with Crippen LogP contribution >= 0.6 is 63.0 Å². The van der Waals surface area contributed by atoms with Gasteiger partial charge < -0.3 is 0 Å². The standard InChI is InChI=1S/C15H19BSi.C12H10BBr.BBr3.S20.S19/c1-17(2,3)16(14-10-6-4-7-11-14)15-12-8-5-9-13-15;14-13(11-7-3-1-4-8-11)12-9-5-2-6-10-12;2-1(3)4;1-3-5-7-9-11-13-15-17-19-20-18-16-14-12-10-8-6-4-2;1-3-5-7-9-11-13-15-17-19-18-16-14-12-10-8-6-4-2/h4-13H,1-3H3;1-10H;;;. The summed E-state index contributed by atoms with van der Waals surface area (Å²) in [5, 5.41) is 0. The van der Waals surface area contributed by atoms with E-state index in [2.05, 4.69) is 192 Å². The van der Waals surface area contributed by atoms with Crippen LogP contribution in [0.3, 0.4) is 0 Å². The van der Waals surface area contributed by atoms with Gasteiger partial charge in [0.1, 0.15) is 0 Å². The Morgan fingerprint density at radius 1 is 0.270 bits per heavy atom. The normalized spacial score (nSPS) is 8.69. The maximum Gasteiger partial charge on any atom is 0.369 e. The summed E-state index contributed by atoms with van der Waals surface area (Å²) in [7, 11) is 58.6. The fourth-order valence-electron chi connectivity index (χ4n) is 4.27. The molecule has 0 bridgehead atoms. The second-order valence-electron chi connectivity index (χ2n) is 11.4. The van der Waals surface area contributed by atoms with Gasteiger partial charge in [0.15, 0.2) is 0 Å². The van der Waals surface area contributed by atoms with Crippen molar-refractivity contribution in [2.24, 2.45) is 0 Å². The molecule has 0 atom stereocenters. The average molecular weight is 1980 g/mol. The van der Waals surface area contributed by atoms with Crippen LogP contribution < -0.4 is 21.9 Å². The molecule has 0 aliphatic heterocycles. The van der Waals surface area contributed by atoms with Crippen LogP contribution in [0.2, 0.25) is 19.6 Å². The van der Waals surface area contributed by atoms with Crippen LogP contribution in [0.4, 0.5) is 0 Å². The summed E-state index contributed by atoms with van der Waals surface area (Å²) in [6.45, 7) is 7.33. The van der Waals surface area contributed by atoms with E-state index in [9.17, 15) is 0 Å². The van der Waals surface area contributed by atoms with E-state index in [0.29, 0.717) is 11.8 Å². The zero-order valence-electron chi connectivity index (χ0n) is 36.2. The fraction of sp³-hybridized carbons (Fsp3) is 0.111. The van der Waals surface area contributed by atoms with Crippen LogP contribution in [0.1, 0.15) is 0 Å². The third-order valence-corrected chi connectivity index (χ3v) is 83.0. The highest BCUT2D eigenvalue weighted by atomic mass is 79.9. The van der Waals surface area contributed by atoms with Crippen LogP contribution in [0.5, 0.6) is 0 Å². The predicted molar refractivity (Wildman–Crippen MR) is 468 cm³/mol. The second-order valence-corrected chi connectivity index (χ2v) is 86.0. The van der Waals surface area contributed by atoms with E-state index in [1.807, 2.05) is 12.1 Å². The topological polar surface area (TPSA) is 0 Å². The lowest BCUT2D eigenvalue weighted by Crippen LogP contribution is -2.59. The summed E-state index contributed by atoms with van der Waals surface area (Å²) in [5.41, 5.74) is 5.79. The lowest BCUT2D eigenvalue weighted by Gasteiger charge is -2.26. The molecule has 0 unspecified atom stereocenters. The highest BCUT2D eigenvalue weighted by Gasteiger charge is 2.33. The average Bonchev–Trinajstić information content (AvgIpc) is 3.40. The minimum atomic E-state index is -1.27. The molecule has 0 heterocycles. The summed E-state index contributed by atoms with van der Waals surface area (Å²) >= 11 is 32.0. The van der Waals surface area contributed by atoms with E-state index >= 15 is 0 Å². The predicted octanol–water partition coefficient (Wildman–Crippen LogP) is 6.96. The first-order valence-electron chi connectivity index (χ1n) is 17.6. The van der Waals surface area contributed by atoms with Crippen LogP contribution in [-0.4, -0.2) is 23.0 Å². The van der Waals surface area contributed by atoms with Crippen LogP contribution in [0.25, 0.3) is 0 Å². The highest BCUT2D eigenvalue weighted by Crippen LogP contribution is 2.08. The largest absolute Gasteiger partial charge is 0.369 e. The third kappa shape index (κ3) is 55.1. The maximum atomic E-state index is 4.76. The van der Waals surface area contributed by atoms with Crippen molar-refractivity contribution in [1.82, 2.24) is 0 Å².